The van der Waals surface area contributed by atoms with Gasteiger partial charge in [0.15, 0.2) is 18.1 Å². The van der Waals surface area contributed by atoms with Gasteiger partial charge in [-0.2, -0.15) is 0 Å². The van der Waals surface area contributed by atoms with E-state index in [0.717, 1.165) is 25.3 Å². The number of ether oxygens (including phenoxy) is 2. The van der Waals surface area contributed by atoms with Gasteiger partial charge in [-0.25, -0.2) is 0 Å². The molecule has 2 aromatic rings. The van der Waals surface area contributed by atoms with E-state index in [4.69, 9.17) is 9.47 Å². The molecular weight excluding hydrogens is 318 g/mol. The lowest BCUT2D eigenvalue weighted by Gasteiger charge is -2.34. The maximum Gasteiger partial charge on any atom is 0.260 e. The smallest absolute Gasteiger partial charge is 0.260 e. The number of para-hydroxylation sites is 2. The zero-order valence-electron chi connectivity index (χ0n) is 14.4. The van der Waals surface area contributed by atoms with Gasteiger partial charge in [0.05, 0.1) is 12.8 Å². The highest BCUT2D eigenvalue weighted by molar-refractivity contribution is 5.78. The number of carbonyl (C=O) groups is 1. The fraction of sp³-hybridized carbons (Fsp3) is 0.368. The molecule has 1 amide bonds. The standard InChI is InChI=1S/C19H23N3O3/c1-24-17-7-2-3-8-18(17)25-15-19(23)22-12-10-21(11-13-22)14-16-6-4-5-9-20-16/h2-9H,10-15H2,1H3. The molecule has 1 saturated heterocycles. The molecule has 132 valence electrons. The molecule has 0 aliphatic carbocycles. The highest BCUT2D eigenvalue weighted by Crippen LogP contribution is 2.25. The number of piperazine rings is 1. The van der Waals surface area contributed by atoms with Crippen LogP contribution in [0.1, 0.15) is 5.69 Å². The number of benzene rings is 1. The number of aromatic nitrogens is 1. The molecule has 3 rings (SSSR count). The molecular formula is C19H23N3O3. The fourth-order valence-corrected chi connectivity index (χ4v) is 2.84. The van der Waals surface area contributed by atoms with Crippen LogP contribution in [0.4, 0.5) is 0 Å². The summed E-state index contributed by atoms with van der Waals surface area (Å²) in [5.41, 5.74) is 1.06. The monoisotopic (exact) mass is 341 g/mol. The fourth-order valence-electron chi connectivity index (χ4n) is 2.84. The van der Waals surface area contributed by atoms with Crippen molar-refractivity contribution in [2.75, 3.05) is 39.9 Å². The third-order valence-corrected chi connectivity index (χ3v) is 4.26. The number of amides is 1. The van der Waals surface area contributed by atoms with Gasteiger partial charge in [0.1, 0.15) is 0 Å². The highest BCUT2D eigenvalue weighted by Gasteiger charge is 2.21. The number of pyridine rings is 1. The van der Waals surface area contributed by atoms with E-state index in [1.807, 2.05) is 47.5 Å². The van der Waals surface area contributed by atoms with Crippen LogP contribution in [0.2, 0.25) is 0 Å². The molecule has 1 aliphatic heterocycles. The average molecular weight is 341 g/mol. The van der Waals surface area contributed by atoms with Gasteiger partial charge in [-0.15, -0.1) is 0 Å². The zero-order valence-corrected chi connectivity index (χ0v) is 14.4. The Kier molecular flexibility index (Phi) is 5.85. The second-order valence-electron chi connectivity index (χ2n) is 5.92. The van der Waals surface area contributed by atoms with Crippen molar-refractivity contribution < 1.29 is 14.3 Å². The predicted octanol–water partition coefficient (Wildman–Crippen LogP) is 1.81. The lowest BCUT2D eigenvalue weighted by Crippen LogP contribution is -2.49. The van der Waals surface area contributed by atoms with Crippen molar-refractivity contribution in [1.29, 1.82) is 0 Å². The van der Waals surface area contributed by atoms with E-state index in [1.165, 1.54) is 0 Å². The Hall–Kier alpha value is -2.60. The normalized spacial score (nSPS) is 15.0. The van der Waals surface area contributed by atoms with Crippen LogP contribution in [-0.2, 0) is 11.3 Å². The van der Waals surface area contributed by atoms with Crippen LogP contribution >= 0.6 is 0 Å². The highest BCUT2D eigenvalue weighted by atomic mass is 16.5. The number of nitrogens with zero attached hydrogens (tertiary/aromatic N) is 3. The molecule has 1 aromatic carbocycles. The first-order valence-corrected chi connectivity index (χ1v) is 8.42. The van der Waals surface area contributed by atoms with E-state index in [-0.39, 0.29) is 12.5 Å². The molecule has 2 heterocycles. The summed E-state index contributed by atoms with van der Waals surface area (Å²) in [6.07, 6.45) is 1.81. The largest absolute Gasteiger partial charge is 0.493 e. The van der Waals surface area contributed by atoms with Gasteiger partial charge in [0.25, 0.3) is 5.91 Å². The summed E-state index contributed by atoms with van der Waals surface area (Å²) in [5, 5.41) is 0. The predicted molar refractivity (Wildman–Crippen MR) is 94.6 cm³/mol. The van der Waals surface area contributed by atoms with Crippen LogP contribution in [0.25, 0.3) is 0 Å². The molecule has 6 heteroatoms. The zero-order chi connectivity index (χ0) is 17.5. The summed E-state index contributed by atoms with van der Waals surface area (Å²) in [6.45, 7) is 3.96. The minimum absolute atomic E-state index is 0.00314. The van der Waals surface area contributed by atoms with Crippen LogP contribution in [0, 0.1) is 0 Å². The molecule has 0 N–H and O–H groups in total. The molecule has 1 aliphatic rings. The van der Waals surface area contributed by atoms with Gasteiger partial charge >= 0.3 is 0 Å². The van der Waals surface area contributed by atoms with Crippen molar-refractivity contribution >= 4 is 5.91 Å². The minimum Gasteiger partial charge on any atom is -0.493 e. The number of rotatable bonds is 6. The van der Waals surface area contributed by atoms with Crippen molar-refractivity contribution in [2.24, 2.45) is 0 Å². The maximum atomic E-state index is 12.4. The Morgan fingerprint density at radius 2 is 1.76 bits per heavy atom. The van der Waals surface area contributed by atoms with Crippen LogP contribution in [0.3, 0.4) is 0 Å². The maximum absolute atomic E-state index is 12.4. The van der Waals surface area contributed by atoms with Gasteiger partial charge < -0.3 is 14.4 Å². The first kappa shape index (κ1) is 17.2. The van der Waals surface area contributed by atoms with Crippen LogP contribution < -0.4 is 9.47 Å². The lowest BCUT2D eigenvalue weighted by molar-refractivity contribution is -0.135. The lowest BCUT2D eigenvalue weighted by atomic mass is 10.2. The van der Waals surface area contributed by atoms with Crippen molar-refractivity contribution in [2.45, 2.75) is 6.54 Å². The topological polar surface area (TPSA) is 54.9 Å². The first-order valence-electron chi connectivity index (χ1n) is 8.42. The molecule has 0 spiro atoms. The molecule has 0 bridgehead atoms. The van der Waals surface area contributed by atoms with Crippen molar-refractivity contribution in [1.82, 2.24) is 14.8 Å². The van der Waals surface area contributed by atoms with Crippen molar-refractivity contribution in [3.63, 3.8) is 0 Å². The Morgan fingerprint density at radius 1 is 1.04 bits per heavy atom. The third kappa shape index (κ3) is 4.70. The summed E-state index contributed by atoms with van der Waals surface area (Å²) >= 11 is 0. The Balaban J connectivity index is 1.45. The molecule has 6 nitrogen and oxygen atoms in total. The van der Waals surface area contributed by atoms with Crippen molar-refractivity contribution in [3.8, 4) is 11.5 Å². The molecule has 0 saturated carbocycles. The van der Waals surface area contributed by atoms with Gasteiger partial charge in [0, 0.05) is 38.9 Å². The summed E-state index contributed by atoms with van der Waals surface area (Å²) in [7, 11) is 1.59. The number of hydrogen-bond acceptors (Lipinski definition) is 5. The third-order valence-electron chi connectivity index (χ3n) is 4.26. The van der Waals surface area contributed by atoms with E-state index in [0.29, 0.717) is 24.6 Å². The Labute approximate surface area is 148 Å². The molecule has 25 heavy (non-hydrogen) atoms. The second-order valence-corrected chi connectivity index (χ2v) is 5.92. The van der Waals surface area contributed by atoms with E-state index >= 15 is 0 Å². The van der Waals surface area contributed by atoms with Gasteiger partial charge in [-0.3, -0.25) is 14.7 Å². The molecule has 1 fully saturated rings. The number of hydrogen-bond donors (Lipinski definition) is 0. The van der Waals surface area contributed by atoms with Crippen molar-refractivity contribution in [3.05, 3.63) is 54.4 Å². The SMILES string of the molecule is COc1ccccc1OCC(=O)N1CCN(Cc2ccccn2)CC1. The average Bonchev–Trinajstić information content (AvgIpc) is 2.67. The molecule has 0 radical (unpaired) electrons. The van der Waals surface area contributed by atoms with E-state index in [9.17, 15) is 4.79 Å². The van der Waals surface area contributed by atoms with E-state index in [1.54, 1.807) is 13.2 Å². The van der Waals surface area contributed by atoms with Gasteiger partial charge in [-0.1, -0.05) is 18.2 Å². The summed E-state index contributed by atoms with van der Waals surface area (Å²) in [5.74, 6) is 1.23. The Morgan fingerprint density at radius 3 is 2.44 bits per heavy atom. The first-order chi connectivity index (χ1) is 12.3. The van der Waals surface area contributed by atoms with Crippen LogP contribution in [-0.4, -0.2) is 60.6 Å². The second kappa shape index (κ2) is 8.48. The number of carbonyl (C=O) groups excluding carboxylic acids is 1. The van der Waals surface area contributed by atoms with Gasteiger partial charge in [-0.05, 0) is 24.3 Å². The van der Waals surface area contributed by atoms with Crippen LogP contribution in [0.5, 0.6) is 11.5 Å². The molecule has 1 aromatic heterocycles. The van der Waals surface area contributed by atoms with Crippen LogP contribution in [0.15, 0.2) is 48.7 Å². The minimum atomic E-state index is 0.00314. The summed E-state index contributed by atoms with van der Waals surface area (Å²) in [4.78, 5) is 20.9. The summed E-state index contributed by atoms with van der Waals surface area (Å²) in [6, 6.07) is 13.3. The molecule has 0 atom stereocenters. The van der Waals surface area contributed by atoms with E-state index in [2.05, 4.69) is 9.88 Å². The molecule has 0 unspecified atom stereocenters. The Bertz CT molecular complexity index is 685. The number of methoxy groups -OCH3 is 1. The quantitative estimate of drug-likeness (QED) is 0.802. The van der Waals surface area contributed by atoms with Gasteiger partial charge in [0.2, 0.25) is 0 Å². The summed E-state index contributed by atoms with van der Waals surface area (Å²) < 4.78 is 10.9. The van der Waals surface area contributed by atoms with E-state index < -0.39 is 0 Å².